The molecule has 0 radical (unpaired) electrons. The molecule has 0 spiro atoms. The summed E-state index contributed by atoms with van der Waals surface area (Å²) in [6, 6.07) is -1.53. The Morgan fingerprint density at radius 3 is 1.74 bits per heavy atom. The predicted octanol–water partition coefficient (Wildman–Crippen LogP) is 8.83. The van der Waals surface area contributed by atoms with Crippen molar-refractivity contribution in [3.63, 3.8) is 0 Å². The van der Waals surface area contributed by atoms with Crippen LogP contribution in [0.25, 0.3) is 0 Å². The van der Waals surface area contributed by atoms with E-state index in [1.54, 1.807) is 0 Å². The molecule has 0 saturated carbocycles. The van der Waals surface area contributed by atoms with E-state index in [4.69, 9.17) is 24.8 Å². The highest BCUT2D eigenvalue weighted by Crippen LogP contribution is 2.43. The van der Waals surface area contributed by atoms with E-state index in [0.29, 0.717) is 12.8 Å². The number of allylic oxidation sites excluding steroid dienone is 10. The van der Waals surface area contributed by atoms with Crippen LogP contribution in [-0.2, 0) is 37.5 Å². The van der Waals surface area contributed by atoms with Crippen molar-refractivity contribution < 1.29 is 47.5 Å². The quantitative estimate of drug-likeness (QED) is 0.0194. The molecule has 2 unspecified atom stereocenters. The largest absolute Gasteiger partial charge is 0.480 e. The van der Waals surface area contributed by atoms with Gasteiger partial charge in [-0.15, -0.1) is 0 Å². The number of carbonyl (C=O) groups excluding carboxylic acids is 2. The van der Waals surface area contributed by atoms with Gasteiger partial charge in [-0.05, 0) is 57.8 Å². The number of aliphatic carboxylic acids is 1. The number of unbranched alkanes of at least 4 members (excludes halogenated alkanes) is 12. The first kappa shape index (κ1) is 47.2. The minimum Gasteiger partial charge on any atom is -0.480 e. The third-order valence-corrected chi connectivity index (χ3v) is 8.29. The minimum atomic E-state index is -4.72. The van der Waals surface area contributed by atoms with Gasteiger partial charge < -0.3 is 25.2 Å². The summed E-state index contributed by atoms with van der Waals surface area (Å²) in [4.78, 5) is 45.7. The van der Waals surface area contributed by atoms with Gasteiger partial charge in [0.15, 0.2) is 6.10 Å². The number of phosphoric acid groups is 1. The molecule has 0 aliphatic heterocycles. The van der Waals surface area contributed by atoms with E-state index < -0.39 is 51.1 Å². The molecule has 4 N–H and O–H groups in total. The minimum absolute atomic E-state index is 0.109. The fourth-order valence-corrected chi connectivity index (χ4v) is 5.20. The van der Waals surface area contributed by atoms with Crippen molar-refractivity contribution in [2.45, 2.75) is 142 Å². The zero-order chi connectivity index (χ0) is 37.1. The second-order valence-corrected chi connectivity index (χ2v) is 13.5. The smallest absolute Gasteiger partial charge is 0.472 e. The molecule has 50 heavy (non-hydrogen) atoms. The maximum Gasteiger partial charge on any atom is 0.472 e. The summed E-state index contributed by atoms with van der Waals surface area (Å²) < 4.78 is 32.4. The predicted molar refractivity (Wildman–Crippen MR) is 198 cm³/mol. The summed E-state index contributed by atoms with van der Waals surface area (Å²) >= 11 is 0. The molecule has 0 amide bonds. The number of ether oxygens (including phenoxy) is 2. The molecule has 0 heterocycles. The standard InChI is InChI=1S/C38H64NO10P/c1-3-5-7-9-11-13-15-17-19-21-23-25-27-29-36(40)46-31-34(32-47-50(44,45)48-33-35(39)38(42)43)49-37(41)30-28-26-24-22-20-18-16-14-12-10-8-6-4-2/h6,8,10,12,14,16-20,34-35H,3-5,7,9,11,13,15,21-33,39H2,1-2H3,(H,42,43)(H,44,45)/b8-6+,12-10+,16-14+,19-17+,20-18+/t34?,35-/m0/s1. The average Bonchev–Trinajstić information content (AvgIpc) is 3.09. The van der Waals surface area contributed by atoms with Crippen molar-refractivity contribution in [2.24, 2.45) is 5.73 Å². The lowest BCUT2D eigenvalue weighted by Gasteiger charge is -2.20. The summed E-state index contributed by atoms with van der Waals surface area (Å²) in [5, 5.41) is 8.85. The fourth-order valence-electron chi connectivity index (χ4n) is 4.42. The Kier molecular flexibility index (Phi) is 31.5. The van der Waals surface area contributed by atoms with Gasteiger partial charge in [0.25, 0.3) is 0 Å². The lowest BCUT2D eigenvalue weighted by molar-refractivity contribution is -0.161. The molecule has 0 fully saturated rings. The summed E-state index contributed by atoms with van der Waals surface area (Å²) in [5.74, 6) is -2.46. The van der Waals surface area contributed by atoms with Crippen LogP contribution < -0.4 is 5.73 Å². The first-order chi connectivity index (χ1) is 24.1. The molecule has 0 aromatic heterocycles. The van der Waals surface area contributed by atoms with Gasteiger partial charge in [-0.1, -0.05) is 120 Å². The number of nitrogens with two attached hydrogens (primary N) is 1. The molecule has 0 rings (SSSR count). The average molecular weight is 726 g/mol. The molecular formula is C38H64NO10P. The van der Waals surface area contributed by atoms with Crippen molar-refractivity contribution in [1.82, 2.24) is 0 Å². The normalized spacial score (nSPS) is 14.6. The number of carboxylic acids is 1. The molecule has 3 atom stereocenters. The van der Waals surface area contributed by atoms with Gasteiger partial charge in [0, 0.05) is 12.8 Å². The van der Waals surface area contributed by atoms with Crippen molar-refractivity contribution in [3.05, 3.63) is 60.8 Å². The Labute approximate surface area is 300 Å². The molecule has 0 saturated heterocycles. The molecule has 0 aromatic carbocycles. The number of carbonyl (C=O) groups is 3. The van der Waals surface area contributed by atoms with Gasteiger partial charge in [-0.3, -0.25) is 23.4 Å². The lowest BCUT2D eigenvalue weighted by atomic mass is 10.1. The maximum atomic E-state index is 12.5. The molecule has 0 aliphatic rings. The van der Waals surface area contributed by atoms with Crippen LogP contribution in [0.1, 0.15) is 129 Å². The summed E-state index contributed by atoms with van der Waals surface area (Å²) in [6.45, 7) is 2.55. The summed E-state index contributed by atoms with van der Waals surface area (Å²) in [5.41, 5.74) is 5.30. The number of rotatable bonds is 33. The number of phosphoric ester groups is 1. The van der Waals surface area contributed by atoms with Crippen LogP contribution in [0.3, 0.4) is 0 Å². The second-order valence-electron chi connectivity index (χ2n) is 12.1. The van der Waals surface area contributed by atoms with Crippen LogP contribution in [0.2, 0.25) is 0 Å². The first-order valence-electron chi connectivity index (χ1n) is 18.4. The first-order valence-corrected chi connectivity index (χ1v) is 19.9. The van der Waals surface area contributed by atoms with Gasteiger partial charge in [0.1, 0.15) is 12.6 Å². The van der Waals surface area contributed by atoms with E-state index in [-0.39, 0.29) is 19.4 Å². The number of hydrogen-bond donors (Lipinski definition) is 3. The topological polar surface area (TPSA) is 172 Å². The highest BCUT2D eigenvalue weighted by molar-refractivity contribution is 7.47. The Morgan fingerprint density at radius 2 is 1.14 bits per heavy atom. The molecule has 0 aliphatic carbocycles. The van der Waals surface area contributed by atoms with E-state index in [0.717, 1.165) is 51.4 Å². The van der Waals surface area contributed by atoms with E-state index in [9.17, 15) is 23.8 Å². The SMILES string of the molecule is CC/C=C/C=C/C=C/C=C/CCCCCC(=O)OC(COC(=O)CCCCC/C=C/CCCCCCCC)COP(=O)(O)OC[C@H](N)C(=O)O. The maximum absolute atomic E-state index is 12.5. The highest BCUT2D eigenvalue weighted by Gasteiger charge is 2.28. The van der Waals surface area contributed by atoms with Crippen LogP contribution in [0.5, 0.6) is 0 Å². The lowest BCUT2D eigenvalue weighted by Crippen LogP contribution is -2.34. The molecule has 11 nitrogen and oxygen atoms in total. The zero-order valence-electron chi connectivity index (χ0n) is 30.5. The van der Waals surface area contributed by atoms with Gasteiger partial charge >= 0.3 is 25.7 Å². The van der Waals surface area contributed by atoms with Crippen LogP contribution >= 0.6 is 7.82 Å². The van der Waals surface area contributed by atoms with E-state index in [1.807, 2.05) is 36.5 Å². The van der Waals surface area contributed by atoms with E-state index >= 15 is 0 Å². The molecule has 0 bridgehead atoms. The van der Waals surface area contributed by atoms with Crippen molar-refractivity contribution in [1.29, 1.82) is 0 Å². The van der Waals surface area contributed by atoms with Crippen LogP contribution in [0, 0.1) is 0 Å². The number of esters is 2. The van der Waals surface area contributed by atoms with Crippen LogP contribution in [-0.4, -0.2) is 59.9 Å². The molecule has 286 valence electrons. The number of hydrogen-bond acceptors (Lipinski definition) is 9. The van der Waals surface area contributed by atoms with Crippen LogP contribution in [0.4, 0.5) is 0 Å². The Balaban J connectivity index is 4.58. The Hall–Kier alpha value is -2.82. The monoisotopic (exact) mass is 725 g/mol. The van der Waals surface area contributed by atoms with Gasteiger partial charge in [0.2, 0.25) is 0 Å². The summed E-state index contributed by atoms with van der Waals surface area (Å²) in [7, 11) is -4.72. The van der Waals surface area contributed by atoms with Gasteiger partial charge in [-0.25, -0.2) is 4.57 Å². The second kappa shape index (κ2) is 33.3. The number of carboxylic acid groups (broad SMARTS) is 1. The Bertz CT molecular complexity index is 1090. The fraction of sp³-hybridized carbons (Fsp3) is 0.658. The van der Waals surface area contributed by atoms with Crippen molar-refractivity contribution in [3.8, 4) is 0 Å². The van der Waals surface area contributed by atoms with E-state index in [1.165, 1.54) is 38.5 Å². The third-order valence-electron chi connectivity index (χ3n) is 7.34. The molecular weight excluding hydrogens is 661 g/mol. The van der Waals surface area contributed by atoms with Gasteiger partial charge in [0.05, 0.1) is 13.2 Å². The zero-order valence-corrected chi connectivity index (χ0v) is 31.4. The highest BCUT2D eigenvalue weighted by atomic mass is 31.2. The van der Waals surface area contributed by atoms with Crippen molar-refractivity contribution in [2.75, 3.05) is 19.8 Å². The van der Waals surface area contributed by atoms with Gasteiger partial charge in [-0.2, -0.15) is 0 Å². The van der Waals surface area contributed by atoms with E-state index in [2.05, 4.69) is 42.7 Å². The third kappa shape index (κ3) is 32.4. The van der Waals surface area contributed by atoms with Crippen molar-refractivity contribution >= 4 is 25.7 Å². The van der Waals surface area contributed by atoms with Crippen LogP contribution in [0.15, 0.2) is 60.8 Å². The Morgan fingerprint density at radius 1 is 0.640 bits per heavy atom. The summed E-state index contributed by atoms with van der Waals surface area (Å²) in [6.07, 6.45) is 35.9. The molecule has 0 aromatic rings. The molecule has 12 heteroatoms.